The minimum absolute atomic E-state index is 0.128. The molecule has 0 bridgehead atoms. The van der Waals surface area contributed by atoms with Gasteiger partial charge in [0, 0.05) is 13.7 Å². The van der Waals surface area contributed by atoms with Gasteiger partial charge >= 0.3 is 0 Å². The van der Waals surface area contributed by atoms with Gasteiger partial charge in [-0.15, -0.1) is 0 Å². The summed E-state index contributed by atoms with van der Waals surface area (Å²) in [5.41, 5.74) is 3.52. The van der Waals surface area contributed by atoms with Gasteiger partial charge in [0.25, 0.3) is 0 Å². The van der Waals surface area contributed by atoms with Crippen molar-refractivity contribution in [2.75, 3.05) is 13.2 Å². The zero-order valence-corrected chi connectivity index (χ0v) is 9.79. The standard InChI is InChI=1S/C9H17ClN4O/c1-3-4-15-6-8(13-11)9-7(10)5-12-14(9)2/h5,8,13H,3-4,6,11H2,1-2H3. The Kier molecular flexibility index (Phi) is 5.04. The van der Waals surface area contributed by atoms with E-state index in [1.807, 2.05) is 7.05 Å². The third-order valence-electron chi connectivity index (χ3n) is 2.10. The Labute approximate surface area is 94.5 Å². The third kappa shape index (κ3) is 3.17. The van der Waals surface area contributed by atoms with Crippen molar-refractivity contribution in [3.8, 4) is 0 Å². The number of nitrogens with one attached hydrogen (secondary N) is 1. The number of nitrogens with zero attached hydrogens (tertiary/aromatic N) is 2. The van der Waals surface area contributed by atoms with Crippen molar-refractivity contribution in [3.05, 3.63) is 16.9 Å². The summed E-state index contributed by atoms with van der Waals surface area (Å²) in [4.78, 5) is 0. The number of rotatable bonds is 6. The molecule has 0 radical (unpaired) electrons. The van der Waals surface area contributed by atoms with Crippen molar-refractivity contribution in [1.29, 1.82) is 0 Å². The highest BCUT2D eigenvalue weighted by Crippen LogP contribution is 2.21. The summed E-state index contributed by atoms with van der Waals surface area (Å²) in [5.74, 6) is 5.45. The van der Waals surface area contributed by atoms with Crippen molar-refractivity contribution in [1.82, 2.24) is 15.2 Å². The summed E-state index contributed by atoms with van der Waals surface area (Å²) in [7, 11) is 1.82. The van der Waals surface area contributed by atoms with Crippen LogP contribution in [0, 0.1) is 0 Å². The van der Waals surface area contributed by atoms with Crippen LogP contribution in [-0.2, 0) is 11.8 Å². The smallest absolute Gasteiger partial charge is 0.0877 e. The van der Waals surface area contributed by atoms with Crippen LogP contribution >= 0.6 is 11.6 Å². The van der Waals surface area contributed by atoms with Crippen LogP contribution in [0.25, 0.3) is 0 Å². The molecule has 0 aliphatic rings. The summed E-state index contributed by atoms with van der Waals surface area (Å²) >= 11 is 6.00. The number of aryl methyl sites for hydroxylation is 1. The van der Waals surface area contributed by atoms with Gasteiger partial charge in [-0.05, 0) is 6.42 Å². The fraction of sp³-hybridized carbons (Fsp3) is 0.667. The van der Waals surface area contributed by atoms with Gasteiger partial charge in [-0.1, -0.05) is 18.5 Å². The highest BCUT2D eigenvalue weighted by molar-refractivity contribution is 6.31. The first-order valence-electron chi connectivity index (χ1n) is 4.92. The first-order valence-corrected chi connectivity index (χ1v) is 5.29. The van der Waals surface area contributed by atoms with Crippen LogP contribution in [0.15, 0.2) is 6.20 Å². The van der Waals surface area contributed by atoms with Gasteiger partial charge in [-0.2, -0.15) is 5.10 Å². The maximum atomic E-state index is 6.00. The minimum Gasteiger partial charge on any atom is -0.379 e. The molecule has 0 aliphatic carbocycles. The molecule has 1 aromatic rings. The number of ether oxygens (including phenoxy) is 1. The molecule has 6 heteroatoms. The minimum atomic E-state index is -0.128. The Hall–Kier alpha value is -0.620. The summed E-state index contributed by atoms with van der Waals surface area (Å²) in [5, 5.41) is 4.64. The summed E-state index contributed by atoms with van der Waals surface area (Å²) in [6.45, 7) is 3.26. The number of aromatic nitrogens is 2. The lowest BCUT2D eigenvalue weighted by atomic mass is 10.2. The fourth-order valence-electron chi connectivity index (χ4n) is 1.36. The summed E-state index contributed by atoms with van der Waals surface area (Å²) in [6.07, 6.45) is 2.58. The molecule has 0 aliphatic heterocycles. The molecule has 1 atom stereocenters. The lowest BCUT2D eigenvalue weighted by molar-refractivity contribution is 0.110. The van der Waals surface area contributed by atoms with Crippen molar-refractivity contribution < 1.29 is 4.74 Å². The van der Waals surface area contributed by atoms with Crippen molar-refractivity contribution >= 4 is 11.6 Å². The molecule has 0 aromatic carbocycles. The molecule has 1 unspecified atom stereocenters. The largest absolute Gasteiger partial charge is 0.379 e. The Morgan fingerprint density at radius 1 is 1.73 bits per heavy atom. The van der Waals surface area contributed by atoms with Crippen molar-refractivity contribution in [2.24, 2.45) is 12.9 Å². The van der Waals surface area contributed by atoms with Crippen molar-refractivity contribution in [3.63, 3.8) is 0 Å². The van der Waals surface area contributed by atoms with Crippen LogP contribution in [0.5, 0.6) is 0 Å². The number of hydrazine groups is 1. The van der Waals surface area contributed by atoms with E-state index in [0.29, 0.717) is 18.2 Å². The van der Waals surface area contributed by atoms with E-state index in [9.17, 15) is 0 Å². The molecule has 0 saturated carbocycles. The van der Waals surface area contributed by atoms with E-state index in [1.54, 1.807) is 10.9 Å². The van der Waals surface area contributed by atoms with Gasteiger partial charge in [-0.3, -0.25) is 10.5 Å². The van der Waals surface area contributed by atoms with Gasteiger partial charge in [-0.25, -0.2) is 5.43 Å². The van der Waals surface area contributed by atoms with Crippen LogP contribution in [0.4, 0.5) is 0 Å². The Morgan fingerprint density at radius 2 is 2.47 bits per heavy atom. The van der Waals surface area contributed by atoms with Crippen LogP contribution < -0.4 is 11.3 Å². The molecule has 0 amide bonds. The topological polar surface area (TPSA) is 65.1 Å². The molecule has 1 rings (SSSR count). The van der Waals surface area contributed by atoms with E-state index >= 15 is 0 Å². The Bertz CT molecular complexity index is 283. The van der Waals surface area contributed by atoms with E-state index in [2.05, 4.69) is 17.4 Å². The summed E-state index contributed by atoms with van der Waals surface area (Å²) < 4.78 is 7.12. The fourth-order valence-corrected chi connectivity index (χ4v) is 1.66. The number of hydrogen-bond acceptors (Lipinski definition) is 4. The lowest BCUT2D eigenvalue weighted by Crippen LogP contribution is -2.33. The SMILES string of the molecule is CCCOCC(NN)c1c(Cl)cnn1C. The van der Waals surface area contributed by atoms with E-state index in [-0.39, 0.29) is 6.04 Å². The van der Waals surface area contributed by atoms with E-state index in [4.69, 9.17) is 22.2 Å². The molecule has 1 heterocycles. The van der Waals surface area contributed by atoms with Crippen LogP contribution in [0.3, 0.4) is 0 Å². The van der Waals surface area contributed by atoms with Gasteiger partial charge in [0.05, 0.1) is 29.6 Å². The monoisotopic (exact) mass is 232 g/mol. The average molecular weight is 233 g/mol. The number of halogens is 1. The predicted octanol–water partition coefficient (Wildman–Crippen LogP) is 1.00. The van der Waals surface area contributed by atoms with E-state index in [0.717, 1.165) is 12.1 Å². The highest BCUT2D eigenvalue weighted by Gasteiger charge is 2.17. The zero-order chi connectivity index (χ0) is 11.3. The third-order valence-corrected chi connectivity index (χ3v) is 2.39. The normalized spacial score (nSPS) is 13.1. The zero-order valence-electron chi connectivity index (χ0n) is 9.03. The molecule has 0 spiro atoms. The second-order valence-electron chi connectivity index (χ2n) is 3.30. The first kappa shape index (κ1) is 12.4. The maximum absolute atomic E-state index is 6.00. The van der Waals surface area contributed by atoms with Gasteiger partial charge in [0.2, 0.25) is 0 Å². The van der Waals surface area contributed by atoms with E-state index < -0.39 is 0 Å². The quantitative estimate of drug-likeness (QED) is 0.437. The molecule has 86 valence electrons. The van der Waals surface area contributed by atoms with Gasteiger partial charge in [0.15, 0.2) is 0 Å². The molecule has 5 nitrogen and oxygen atoms in total. The second kappa shape index (κ2) is 6.07. The molecule has 1 aromatic heterocycles. The maximum Gasteiger partial charge on any atom is 0.0877 e. The predicted molar refractivity (Wildman–Crippen MR) is 59.4 cm³/mol. The molecule has 0 fully saturated rings. The lowest BCUT2D eigenvalue weighted by Gasteiger charge is -2.16. The number of nitrogens with two attached hydrogens (primary N) is 1. The van der Waals surface area contributed by atoms with Crippen LogP contribution in [0.2, 0.25) is 5.02 Å². The Balaban J connectivity index is 2.65. The van der Waals surface area contributed by atoms with Crippen molar-refractivity contribution in [2.45, 2.75) is 19.4 Å². The molecular formula is C9H17ClN4O. The molecule has 15 heavy (non-hydrogen) atoms. The molecule has 3 N–H and O–H groups in total. The van der Waals surface area contributed by atoms with Crippen LogP contribution in [0.1, 0.15) is 25.1 Å². The second-order valence-corrected chi connectivity index (χ2v) is 3.70. The highest BCUT2D eigenvalue weighted by atomic mass is 35.5. The van der Waals surface area contributed by atoms with Gasteiger partial charge < -0.3 is 4.74 Å². The number of hydrogen-bond donors (Lipinski definition) is 2. The first-order chi connectivity index (χ1) is 7.20. The molecular weight excluding hydrogens is 216 g/mol. The van der Waals surface area contributed by atoms with Gasteiger partial charge in [0.1, 0.15) is 0 Å². The average Bonchev–Trinajstić information content (AvgIpc) is 2.55. The Morgan fingerprint density at radius 3 is 2.93 bits per heavy atom. The van der Waals surface area contributed by atoms with E-state index in [1.165, 1.54) is 0 Å². The molecule has 0 saturated heterocycles. The van der Waals surface area contributed by atoms with Crippen LogP contribution in [-0.4, -0.2) is 23.0 Å². The summed E-state index contributed by atoms with van der Waals surface area (Å²) in [6, 6.07) is -0.128.